The average molecular weight is 270 g/mol. The average Bonchev–Trinajstić information content (AvgIpc) is 2.71. The van der Waals surface area contributed by atoms with Crippen molar-refractivity contribution in [1.29, 1.82) is 0 Å². The van der Waals surface area contributed by atoms with E-state index in [4.69, 9.17) is 11.6 Å². The van der Waals surface area contributed by atoms with Gasteiger partial charge in [0, 0.05) is 16.8 Å². The van der Waals surface area contributed by atoms with Gasteiger partial charge in [0.25, 0.3) is 0 Å². The Morgan fingerprint density at radius 2 is 2.24 bits per heavy atom. The van der Waals surface area contributed by atoms with Crippen LogP contribution in [0.25, 0.3) is 0 Å². The topological polar surface area (TPSA) is 12.9 Å². The second kappa shape index (κ2) is 5.61. The van der Waals surface area contributed by atoms with Crippen LogP contribution in [0.2, 0.25) is 5.02 Å². The summed E-state index contributed by atoms with van der Waals surface area (Å²) in [6.07, 6.45) is 2.78. The molecule has 17 heavy (non-hydrogen) atoms. The minimum atomic E-state index is -0.301. The zero-order valence-electron chi connectivity index (χ0n) is 9.54. The summed E-state index contributed by atoms with van der Waals surface area (Å²) in [5, 5.41) is 3.58. The number of aryl methyl sites for hydroxylation is 1. The number of aromatic nitrogens is 1. The largest absolute Gasteiger partial charge is 0.246 e. The maximum atomic E-state index is 12.9. The molecule has 0 radical (unpaired) electrons. The first-order valence-corrected chi connectivity index (χ1v) is 6.82. The van der Waals surface area contributed by atoms with Crippen LogP contribution in [0.1, 0.15) is 29.6 Å². The fourth-order valence-corrected chi connectivity index (χ4v) is 2.71. The summed E-state index contributed by atoms with van der Waals surface area (Å²) < 4.78 is 12.9. The van der Waals surface area contributed by atoms with Crippen LogP contribution in [0.5, 0.6) is 0 Å². The van der Waals surface area contributed by atoms with Crippen molar-refractivity contribution < 1.29 is 4.39 Å². The molecule has 1 aromatic heterocycles. The summed E-state index contributed by atoms with van der Waals surface area (Å²) in [5.74, 6) is -0.301. The van der Waals surface area contributed by atoms with Gasteiger partial charge in [-0.25, -0.2) is 9.37 Å². The third kappa shape index (κ3) is 3.27. The van der Waals surface area contributed by atoms with Crippen molar-refractivity contribution in [3.8, 4) is 0 Å². The van der Waals surface area contributed by atoms with E-state index in [9.17, 15) is 4.39 Å². The number of hydrogen-bond donors (Lipinski definition) is 0. The molecule has 0 fully saturated rings. The molecule has 1 heterocycles. The van der Waals surface area contributed by atoms with Crippen LogP contribution in [0.4, 0.5) is 4.39 Å². The second-order valence-electron chi connectivity index (χ2n) is 3.90. The molecule has 0 amide bonds. The van der Waals surface area contributed by atoms with Crippen LogP contribution < -0.4 is 0 Å². The quantitative estimate of drug-likeness (QED) is 0.798. The predicted octanol–water partition coefficient (Wildman–Crippen LogP) is 4.48. The summed E-state index contributed by atoms with van der Waals surface area (Å²) in [5.41, 5.74) is 2.05. The number of hydrogen-bond acceptors (Lipinski definition) is 2. The van der Waals surface area contributed by atoms with Crippen molar-refractivity contribution >= 4 is 22.9 Å². The van der Waals surface area contributed by atoms with Crippen LogP contribution in [0, 0.1) is 5.82 Å². The Bertz CT molecular complexity index is 510. The first-order chi connectivity index (χ1) is 8.19. The van der Waals surface area contributed by atoms with Gasteiger partial charge >= 0.3 is 0 Å². The van der Waals surface area contributed by atoms with E-state index in [1.165, 1.54) is 12.1 Å². The first-order valence-electron chi connectivity index (χ1n) is 5.56. The lowest BCUT2D eigenvalue weighted by atomic mass is 10.1. The SMILES string of the molecule is CCCc1csc(Cc2ccc(F)cc2Cl)n1. The van der Waals surface area contributed by atoms with Crippen LogP contribution in [-0.4, -0.2) is 4.98 Å². The molecule has 0 saturated heterocycles. The Morgan fingerprint density at radius 3 is 2.94 bits per heavy atom. The monoisotopic (exact) mass is 269 g/mol. The molecule has 0 aliphatic carbocycles. The van der Waals surface area contributed by atoms with Crippen molar-refractivity contribution in [2.45, 2.75) is 26.2 Å². The molecule has 90 valence electrons. The van der Waals surface area contributed by atoms with E-state index >= 15 is 0 Å². The molecule has 1 aromatic carbocycles. The maximum absolute atomic E-state index is 12.9. The Labute approximate surface area is 109 Å². The molecule has 0 aliphatic rings. The second-order valence-corrected chi connectivity index (χ2v) is 5.24. The first kappa shape index (κ1) is 12.5. The summed E-state index contributed by atoms with van der Waals surface area (Å²) in [4.78, 5) is 4.52. The molecular formula is C13H13ClFNS. The minimum Gasteiger partial charge on any atom is -0.246 e. The van der Waals surface area contributed by atoms with Gasteiger partial charge < -0.3 is 0 Å². The summed E-state index contributed by atoms with van der Waals surface area (Å²) in [7, 11) is 0. The number of nitrogens with zero attached hydrogens (tertiary/aromatic N) is 1. The van der Waals surface area contributed by atoms with E-state index in [-0.39, 0.29) is 5.82 Å². The van der Waals surface area contributed by atoms with Gasteiger partial charge in [0.15, 0.2) is 0 Å². The Balaban J connectivity index is 2.13. The number of thiazole rings is 1. The molecule has 2 aromatic rings. The lowest BCUT2D eigenvalue weighted by molar-refractivity contribution is 0.627. The Morgan fingerprint density at radius 1 is 1.41 bits per heavy atom. The third-order valence-electron chi connectivity index (χ3n) is 2.46. The Kier molecular flexibility index (Phi) is 4.13. The summed E-state index contributed by atoms with van der Waals surface area (Å²) in [6.45, 7) is 2.13. The standard InChI is InChI=1S/C13H13ClFNS/c1-2-3-11-8-17-13(16-11)6-9-4-5-10(15)7-12(9)14/h4-5,7-8H,2-3,6H2,1H3. The molecule has 0 atom stereocenters. The highest BCUT2D eigenvalue weighted by Crippen LogP contribution is 2.22. The lowest BCUT2D eigenvalue weighted by Crippen LogP contribution is -1.91. The molecular weight excluding hydrogens is 257 g/mol. The van der Waals surface area contributed by atoms with Gasteiger partial charge in [0.1, 0.15) is 5.82 Å². The number of halogens is 2. The highest BCUT2D eigenvalue weighted by Gasteiger charge is 2.06. The van der Waals surface area contributed by atoms with E-state index < -0.39 is 0 Å². The smallest absolute Gasteiger partial charge is 0.124 e. The highest BCUT2D eigenvalue weighted by molar-refractivity contribution is 7.09. The summed E-state index contributed by atoms with van der Waals surface area (Å²) >= 11 is 7.62. The maximum Gasteiger partial charge on any atom is 0.124 e. The van der Waals surface area contributed by atoms with Gasteiger partial charge in [-0.1, -0.05) is 31.0 Å². The zero-order valence-corrected chi connectivity index (χ0v) is 11.1. The van der Waals surface area contributed by atoms with E-state index in [0.29, 0.717) is 11.4 Å². The minimum absolute atomic E-state index is 0.301. The number of rotatable bonds is 4. The molecule has 4 heteroatoms. The molecule has 0 aliphatic heterocycles. The van der Waals surface area contributed by atoms with Gasteiger partial charge in [-0.2, -0.15) is 0 Å². The van der Waals surface area contributed by atoms with E-state index in [2.05, 4.69) is 17.3 Å². The van der Waals surface area contributed by atoms with Crippen molar-refractivity contribution in [3.63, 3.8) is 0 Å². The van der Waals surface area contributed by atoms with E-state index in [1.807, 2.05) is 0 Å². The molecule has 1 nitrogen and oxygen atoms in total. The molecule has 0 unspecified atom stereocenters. The van der Waals surface area contributed by atoms with Crippen LogP contribution >= 0.6 is 22.9 Å². The lowest BCUT2D eigenvalue weighted by Gasteiger charge is -2.01. The Hall–Kier alpha value is -0.930. The molecule has 2 rings (SSSR count). The zero-order chi connectivity index (χ0) is 12.3. The fraction of sp³-hybridized carbons (Fsp3) is 0.308. The van der Waals surface area contributed by atoms with Crippen LogP contribution in [-0.2, 0) is 12.8 Å². The van der Waals surface area contributed by atoms with Gasteiger partial charge in [-0.3, -0.25) is 0 Å². The van der Waals surface area contributed by atoms with Crippen molar-refractivity contribution in [1.82, 2.24) is 4.98 Å². The molecule has 0 saturated carbocycles. The van der Waals surface area contributed by atoms with Crippen molar-refractivity contribution in [3.05, 3.63) is 50.7 Å². The molecule has 0 spiro atoms. The fourth-order valence-electron chi connectivity index (χ4n) is 1.63. The number of benzene rings is 1. The van der Waals surface area contributed by atoms with Gasteiger partial charge in [0.2, 0.25) is 0 Å². The molecule has 0 bridgehead atoms. The predicted molar refractivity (Wildman–Crippen MR) is 70.3 cm³/mol. The summed E-state index contributed by atoms with van der Waals surface area (Å²) in [6, 6.07) is 4.50. The normalized spacial score (nSPS) is 10.8. The van der Waals surface area contributed by atoms with E-state index in [1.54, 1.807) is 17.4 Å². The molecule has 0 N–H and O–H groups in total. The highest BCUT2D eigenvalue weighted by atomic mass is 35.5. The third-order valence-corrected chi connectivity index (χ3v) is 3.71. The van der Waals surface area contributed by atoms with E-state index in [0.717, 1.165) is 29.1 Å². The van der Waals surface area contributed by atoms with Gasteiger partial charge in [0.05, 0.1) is 10.7 Å². The van der Waals surface area contributed by atoms with Gasteiger partial charge in [-0.15, -0.1) is 11.3 Å². The van der Waals surface area contributed by atoms with Crippen molar-refractivity contribution in [2.24, 2.45) is 0 Å². The van der Waals surface area contributed by atoms with Crippen LogP contribution in [0.15, 0.2) is 23.6 Å². The van der Waals surface area contributed by atoms with Gasteiger partial charge in [-0.05, 0) is 24.1 Å². The van der Waals surface area contributed by atoms with Crippen molar-refractivity contribution in [2.75, 3.05) is 0 Å². The van der Waals surface area contributed by atoms with Crippen LogP contribution in [0.3, 0.4) is 0 Å².